The molecule has 1 saturated heterocycles. The molecule has 1 fully saturated rings. The zero-order chi connectivity index (χ0) is 13.1. The van der Waals surface area contributed by atoms with Gasteiger partial charge in [-0.15, -0.1) is 11.3 Å². The molecule has 0 aliphatic carbocycles. The predicted octanol–water partition coefficient (Wildman–Crippen LogP) is 2.04. The minimum atomic E-state index is 0.672. The van der Waals surface area contributed by atoms with Crippen molar-refractivity contribution in [2.45, 2.75) is 39.4 Å². The Balaban J connectivity index is 1.98. The molecule has 3 nitrogen and oxygen atoms in total. The summed E-state index contributed by atoms with van der Waals surface area (Å²) in [5.74, 6) is 0. The van der Waals surface area contributed by atoms with Crippen molar-refractivity contribution in [2.24, 2.45) is 5.73 Å². The number of nitrogens with zero attached hydrogens (tertiary/aromatic N) is 2. The Morgan fingerprint density at radius 2 is 2.22 bits per heavy atom. The molecule has 0 bridgehead atoms. The Morgan fingerprint density at radius 1 is 1.44 bits per heavy atom. The van der Waals surface area contributed by atoms with Crippen molar-refractivity contribution in [3.63, 3.8) is 0 Å². The second-order valence-electron chi connectivity index (χ2n) is 5.28. The second-order valence-corrected chi connectivity index (χ2v) is 6.62. The standard InChI is InChI=1S/C14H25N3S/c1-4-13-10-17(6-5-16(13)3)9-12-7-14(8-15)18-11(12)2/h7,13H,4-6,8-10,15H2,1-3H3. The van der Waals surface area contributed by atoms with Crippen LogP contribution in [0.2, 0.25) is 0 Å². The van der Waals surface area contributed by atoms with Gasteiger partial charge in [-0.25, -0.2) is 0 Å². The van der Waals surface area contributed by atoms with E-state index >= 15 is 0 Å². The Hall–Kier alpha value is -0.420. The normalized spacial score (nSPS) is 22.6. The van der Waals surface area contributed by atoms with E-state index in [0.717, 1.165) is 6.54 Å². The van der Waals surface area contributed by atoms with Crippen LogP contribution in [0.4, 0.5) is 0 Å². The smallest absolute Gasteiger partial charge is 0.0274 e. The van der Waals surface area contributed by atoms with E-state index in [1.165, 1.54) is 41.4 Å². The van der Waals surface area contributed by atoms with Crippen molar-refractivity contribution in [1.29, 1.82) is 0 Å². The van der Waals surface area contributed by atoms with Gasteiger partial charge in [0.05, 0.1) is 0 Å². The van der Waals surface area contributed by atoms with Crippen molar-refractivity contribution in [3.8, 4) is 0 Å². The van der Waals surface area contributed by atoms with Crippen LogP contribution in [0.3, 0.4) is 0 Å². The largest absolute Gasteiger partial charge is 0.326 e. The van der Waals surface area contributed by atoms with Gasteiger partial charge in [0.2, 0.25) is 0 Å². The summed E-state index contributed by atoms with van der Waals surface area (Å²) in [7, 11) is 2.24. The van der Waals surface area contributed by atoms with E-state index in [1.807, 2.05) is 11.3 Å². The van der Waals surface area contributed by atoms with Crippen molar-refractivity contribution in [2.75, 3.05) is 26.7 Å². The Morgan fingerprint density at radius 3 is 2.83 bits per heavy atom. The number of piperazine rings is 1. The molecule has 18 heavy (non-hydrogen) atoms. The number of thiophene rings is 1. The van der Waals surface area contributed by atoms with Crippen molar-refractivity contribution < 1.29 is 0 Å². The first-order chi connectivity index (χ1) is 8.63. The van der Waals surface area contributed by atoms with Crippen LogP contribution in [-0.2, 0) is 13.1 Å². The molecule has 1 atom stereocenters. The van der Waals surface area contributed by atoms with Gasteiger partial charge in [-0.2, -0.15) is 0 Å². The first-order valence-corrected chi connectivity index (χ1v) is 7.66. The average molecular weight is 267 g/mol. The molecule has 102 valence electrons. The van der Waals surface area contributed by atoms with Crippen molar-refractivity contribution in [1.82, 2.24) is 9.80 Å². The average Bonchev–Trinajstić information content (AvgIpc) is 2.72. The van der Waals surface area contributed by atoms with E-state index in [1.54, 1.807) is 0 Å². The Labute approximate surface area is 115 Å². The van der Waals surface area contributed by atoms with E-state index in [0.29, 0.717) is 12.6 Å². The van der Waals surface area contributed by atoms with Gasteiger partial charge in [-0.3, -0.25) is 4.90 Å². The molecule has 0 saturated carbocycles. The van der Waals surface area contributed by atoms with Crippen molar-refractivity contribution in [3.05, 3.63) is 21.4 Å². The maximum atomic E-state index is 5.72. The minimum Gasteiger partial charge on any atom is -0.326 e. The zero-order valence-electron chi connectivity index (χ0n) is 11.8. The summed E-state index contributed by atoms with van der Waals surface area (Å²) in [6, 6.07) is 3.01. The molecule has 1 aliphatic heterocycles. The maximum absolute atomic E-state index is 5.72. The summed E-state index contributed by atoms with van der Waals surface area (Å²) in [6.07, 6.45) is 1.24. The van der Waals surface area contributed by atoms with Crippen LogP contribution in [0.5, 0.6) is 0 Å². The first-order valence-electron chi connectivity index (χ1n) is 6.84. The molecule has 1 aromatic heterocycles. The van der Waals surface area contributed by atoms with Gasteiger partial charge in [-0.05, 0) is 32.0 Å². The SMILES string of the molecule is CCC1CN(Cc2cc(CN)sc2C)CCN1C. The zero-order valence-corrected chi connectivity index (χ0v) is 12.6. The highest BCUT2D eigenvalue weighted by atomic mass is 32.1. The lowest BCUT2D eigenvalue weighted by Crippen LogP contribution is -2.50. The minimum absolute atomic E-state index is 0.672. The lowest BCUT2D eigenvalue weighted by molar-refractivity contribution is 0.0883. The lowest BCUT2D eigenvalue weighted by Gasteiger charge is -2.39. The summed E-state index contributed by atoms with van der Waals surface area (Å²) in [4.78, 5) is 7.82. The predicted molar refractivity (Wildman–Crippen MR) is 78.9 cm³/mol. The van der Waals surface area contributed by atoms with E-state index in [4.69, 9.17) is 5.73 Å². The van der Waals surface area contributed by atoms with Gasteiger partial charge in [0.25, 0.3) is 0 Å². The molecule has 0 radical (unpaired) electrons. The highest BCUT2D eigenvalue weighted by Gasteiger charge is 2.23. The molecule has 2 N–H and O–H groups in total. The number of hydrogen-bond acceptors (Lipinski definition) is 4. The summed E-state index contributed by atoms with van der Waals surface area (Å²) < 4.78 is 0. The number of likely N-dealkylation sites (N-methyl/N-ethyl adjacent to an activating group) is 1. The third-order valence-corrected chi connectivity index (χ3v) is 5.11. The van der Waals surface area contributed by atoms with E-state index < -0.39 is 0 Å². The summed E-state index contributed by atoms with van der Waals surface area (Å²) in [5.41, 5.74) is 7.19. The van der Waals surface area contributed by atoms with Crippen LogP contribution in [0.1, 0.15) is 28.7 Å². The Bertz CT molecular complexity index is 388. The maximum Gasteiger partial charge on any atom is 0.0274 e. The molecule has 1 aliphatic rings. The van der Waals surface area contributed by atoms with Gasteiger partial charge in [0.1, 0.15) is 0 Å². The van der Waals surface area contributed by atoms with E-state index in [9.17, 15) is 0 Å². The number of rotatable bonds is 4. The summed E-state index contributed by atoms with van der Waals surface area (Å²) in [6.45, 7) is 9.82. The molecule has 2 heterocycles. The summed E-state index contributed by atoms with van der Waals surface area (Å²) in [5, 5.41) is 0. The molecule has 2 rings (SSSR count). The van der Waals surface area contributed by atoms with Crippen LogP contribution in [0.15, 0.2) is 6.07 Å². The van der Waals surface area contributed by atoms with Crippen LogP contribution in [0.25, 0.3) is 0 Å². The van der Waals surface area contributed by atoms with Gasteiger partial charge in [0.15, 0.2) is 0 Å². The van der Waals surface area contributed by atoms with Crippen LogP contribution in [-0.4, -0.2) is 42.5 Å². The number of hydrogen-bond donors (Lipinski definition) is 1. The number of aryl methyl sites for hydroxylation is 1. The fraction of sp³-hybridized carbons (Fsp3) is 0.714. The molecular formula is C14H25N3S. The Kier molecular flexibility index (Phi) is 4.78. The van der Waals surface area contributed by atoms with Crippen LogP contribution < -0.4 is 5.73 Å². The highest BCUT2D eigenvalue weighted by molar-refractivity contribution is 7.12. The quantitative estimate of drug-likeness (QED) is 0.906. The fourth-order valence-corrected chi connectivity index (χ4v) is 3.61. The van der Waals surface area contributed by atoms with E-state index in [2.05, 4.69) is 36.8 Å². The highest BCUT2D eigenvalue weighted by Crippen LogP contribution is 2.23. The number of nitrogens with two attached hydrogens (primary N) is 1. The van der Waals surface area contributed by atoms with Crippen molar-refractivity contribution >= 4 is 11.3 Å². The van der Waals surface area contributed by atoms with Gasteiger partial charge in [0, 0.05) is 48.5 Å². The van der Waals surface area contributed by atoms with Gasteiger partial charge >= 0.3 is 0 Å². The third-order valence-electron chi connectivity index (χ3n) is 4.00. The second kappa shape index (κ2) is 6.15. The topological polar surface area (TPSA) is 32.5 Å². The van der Waals surface area contributed by atoms with E-state index in [-0.39, 0.29) is 0 Å². The third kappa shape index (κ3) is 3.12. The molecule has 0 aromatic carbocycles. The molecule has 0 amide bonds. The van der Waals surface area contributed by atoms with Gasteiger partial charge < -0.3 is 10.6 Å². The molecular weight excluding hydrogens is 242 g/mol. The molecule has 1 unspecified atom stereocenters. The fourth-order valence-electron chi connectivity index (χ4n) is 2.68. The molecule has 1 aromatic rings. The van der Waals surface area contributed by atoms with Gasteiger partial charge in [-0.1, -0.05) is 6.92 Å². The first kappa shape index (κ1) is 14.0. The monoisotopic (exact) mass is 267 g/mol. The lowest BCUT2D eigenvalue weighted by atomic mass is 10.1. The molecule has 0 spiro atoms. The summed E-state index contributed by atoms with van der Waals surface area (Å²) >= 11 is 1.85. The molecule has 4 heteroatoms. The van der Waals surface area contributed by atoms with Crippen LogP contribution in [0, 0.1) is 6.92 Å². The van der Waals surface area contributed by atoms with Crippen LogP contribution >= 0.6 is 11.3 Å².